The van der Waals surface area contributed by atoms with E-state index in [9.17, 15) is 4.79 Å². The average Bonchev–Trinajstić information content (AvgIpc) is 2.61. The third kappa shape index (κ3) is 6.97. The summed E-state index contributed by atoms with van der Waals surface area (Å²) < 4.78 is 11.6. The molecule has 2 aromatic carbocycles. The lowest BCUT2D eigenvalue weighted by Crippen LogP contribution is -2.11. The van der Waals surface area contributed by atoms with Crippen molar-refractivity contribution in [3.8, 4) is 11.5 Å². The molecule has 0 aliphatic rings. The molecule has 0 spiro atoms. The van der Waals surface area contributed by atoms with Crippen LogP contribution in [0.2, 0.25) is 0 Å². The summed E-state index contributed by atoms with van der Waals surface area (Å²) in [7, 11) is 0. The van der Waals surface area contributed by atoms with Crippen LogP contribution in [0.4, 0.5) is 0 Å². The summed E-state index contributed by atoms with van der Waals surface area (Å²) in [5.74, 6) is 0.889. The first-order valence-corrected chi connectivity index (χ1v) is 9.43. The summed E-state index contributed by atoms with van der Waals surface area (Å²) in [6, 6.07) is 15.9. The maximum absolute atomic E-state index is 10.8. The second-order valence-electron chi connectivity index (χ2n) is 7.90. The van der Waals surface area contributed by atoms with Gasteiger partial charge in [-0.25, -0.2) is 0 Å². The Balaban J connectivity index is 1.73. The summed E-state index contributed by atoms with van der Waals surface area (Å²) in [5, 5.41) is 8.87. The minimum Gasteiger partial charge on any atom is -0.493 e. The monoisotopic (exact) mass is 370 g/mol. The molecule has 0 aromatic heterocycles. The number of carboxylic acid groups (broad SMARTS) is 1. The number of hydrogen-bond acceptors (Lipinski definition) is 3. The third-order valence-electron chi connectivity index (χ3n) is 4.46. The molecule has 4 nitrogen and oxygen atoms in total. The lowest BCUT2D eigenvalue weighted by atomic mass is 9.87. The summed E-state index contributed by atoms with van der Waals surface area (Å²) in [4.78, 5) is 10.8. The fourth-order valence-corrected chi connectivity index (χ4v) is 2.76. The zero-order chi connectivity index (χ0) is 19.9. The quantitative estimate of drug-likeness (QED) is 0.600. The van der Waals surface area contributed by atoms with E-state index in [1.165, 1.54) is 5.56 Å². The largest absolute Gasteiger partial charge is 0.493 e. The van der Waals surface area contributed by atoms with Crippen molar-refractivity contribution in [2.24, 2.45) is 0 Å². The van der Waals surface area contributed by atoms with Gasteiger partial charge in [-0.2, -0.15) is 0 Å². The summed E-state index contributed by atoms with van der Waals surface area (Å²) in [6.07, 6.45) is 0.921. The predicted molar refractivity (Wildman–Crippen MR) is 108 cm³/mol. The number of carboxylic acids is 1. The van der Waals surface area contributed by atoms with E-state index in [0.717, 1.165) is 23.5 Å². The van der Waals surface area contributed by atoms with Crippen LogP contribution in [-0.2, 0) is 10.2 Å². The molecule has 0 aliphatic carbocycles. The Morgan fingerprint density at radius 1 is 1.00 bits per heavy atom. The number of hydrogen-bond donors (Lipinski definition) is 1. The van der Waals surface area contributed by atoms with Gasteiger partial charge in [-0.15, -0.1) is 0 Å². The van der Waals surface area contributed by atoms with E-state index in [4.69, 9.17) is 14.6 Å². The SMILES string of the molecule is CC(CC(=O)O)c1ccc(OCCCOc2cccc(C(C)(C)C)c2)cc1. The first kappa shape index (κ1) is 20.8. The molecule has 0 bridgehead atoms. The standard InChI is InChI=1S/C23H30O4/c1-17(15-22(24)25)18-9-11-20(12-10-18)26-13-6-14-27-21-8-5-7-19(16-21)23(2,3)4/h5,7-12,16-17H,6,13-15H2,1-4H3,(H,24,25). The van der Waals surface area contributed by atoms with Gasteiger partial charge in [0.15, 0.2) is 0 Å². The zero-order valence-electron chi connectivity index (χ0n) is 16.7. The van der Waals surface area contributed by atoms with Crippen molar-refractivity contribution >= 4 is 5.97 Å². The van der Waals surface area contributed by atoms with Crippen molar-refractivity contribution in [1.82, 2.24) is 0 Å². The Labute approximate surface area is 162 Å². The molecule has 1 atom stereocenters. The van der Waals surface area contributed by atoms with Gasteiger partial charge in [0.1, 0.15) is 11.5 Å². The highest BCUT2D eigenvalue weighted by molar-refractivity contribution is 5.67. The Kier molecular flexibility index (Phi) is 7.28. The van der Waals surface area contributed by atoms with Crippen molar-refractivity contribution in [3.05, 3.63) is 59.7 Å². The van der Waals surface area contributed by atoms with Gasteiger partial charge in [-0.1, -0.05) is 52.0 Å². The van der Waals surface area contributed by atoms with Gasteiger partial charge < -0.3 is 14.6 Å². The zero-order valence-corrected chi connectivity index (χ0v) is 16.7. The first-order chi connectivity index (χ1) is 12.8. The van der Waals surface area contributed by atoms with Crippen LogP contribution in [0.25, 0.3) is 0 Å². The van der Waals surface area contributed by atoms with E-state index in [1.54, 1.807) is 0 Å². The lowest BCUT2D eigenvalue weighted by Gasteiger charge is -2.19. The summed E-state index contributed by atoms with van der Waals surface area (Å²) in [5.41, 5.74) is 2.37. The Morgan fingerprint density at radius 2 is 1.63 bits per heavy atom. The van der Waals surface area contributed by atoms with Crippen LogP contribution in [0.1, 0.15) is 57.6 Å². The molecule has 1 N–H and O–H groups in total. The molecule has 2 aromatic rings. The number of carbonyl (C=O) groups is 1. The second-order valence-corrected chi connectivity index (χ2v) is 7.90. The van der Waals surface area contributed by atoms with E-state index in [2.05, 4.69) is 32.9 Å². The third-order valence-corrected chi connectivity index (χ3v) is 4.46. The molecule has 4 heteroatoms. The second kappa shape index (κ2) is 9.45. The Morgan fingerprint density at radius 3 is 2.22 bits per heavy atom. The molecule has 146 valence electrons. The van der Waals surface area contributed by atoms with Gasteiger partial charge in [0.25, 0.3) is 0 Å². The molecular weight excluding hydrogens is 340 g/mol. The van der Waals surface area contributed by atoms with Gasteiger partial charge in [-0.3, -0.25) is 4.79 Å². The smallest absolute Gasteiger partial charge is 0.303 e. The van der Waals surface area contributed by atoms with Gasteiger partial charge in [0, 0.05) is 6.42 Å². The number of ether oxygens (including phenoxy) is 2. The first-order valence-electron chi connectivity index (χ1n) is 9.43. The molecule has 0 fully saturated rings. The molecule has 0 saturated carbocycles. The van der Waals surface area contributed by atoms with E-state index in [1.807, 2.05) is 43.3 Å². The summed E-state index contributed by atoms with van der Waals surface area (Å²) >= 11 is 0. The number of rotatable bonds is 9. The van der Waals surface area contributed by atoms with Gasteiger partial charge in [-0.05, 0) is 46.7 Å². The van der Waals surface area contributed by atoms with E-state index < -0.39 is 5.97 Å². The van der Waals surface area contributed by atoms with Gasteiger partial charge in [0.05, 0.1) is 19.6 Å². The molecule has 27 heavy (non-hydrogen) atoms. The van der Waals surface area contributed by atoms with Crippen LogP contribution in [0.3, 0.4) is 0 Å². The Hall–Kier alpha value is -2.49. The van der Waals surface area contributed by atoms with Crippen LogP contribution in [-0.4, -0.2) is 24.3 Å². The minimum atomic E-state index is -0.782. The molecular formula is C23H30O4. The average molecular weight is 370 g/mol. The van der Waals surface area contributed by atoms with E-state index in [0.29, 0.717) is 13.2 Å². The molecule has 0 saturated heterocycles. The van der Waals surface area contributed by atoms with Crippen molar-refractivity contribution < 1.29 is 19.4 Å². The molecule has 1 unspecified atom stereocenters. The van der Waals surface area contributed by atoms with Crippen molar-refractivity contribution in [1.29, 1.82) is 0 Å². The molecule has 0 heterocycles. The molecule has 0 amide bonds. The van der Waals surface area contributed by atoms with E-state index in [-0.39, 0.29) is 17.8 Å². The van der Waals surface area contributed by atoms with Gasteiger partial charge in [0.2, 0.25) is 0 Å². The lowest BCUT2D eigenvalue weighted by molar-refractivity contribution is -0.137. The molecule has 2 rings (SSSR count). The summed E-state index contributed by atoms with van der Waals surface area (Å²) in [6.45, 7) is 9.65. The van der Waals surface area contributed by atoms with Crippen molar-refractivity contribution in [3.63, 3.8) is 0 Å². The fraction of sp³-hybridized carbons (Fsp3) is 0.435. The minimum absolute atomic E-state index is 0.00573. The predicted octanol–water partition coefficient (Wildman–Crippen LogP) is 5.41. The van der Waals surface area contributed by atoms with Crippen LogP contribution >= 0.6 is 0 Å². The van der Waals surface area contributed by atoms with Crippen LogP contribution in [0.15, 0.2) is 48.5 Å². The van der Waals surface area contributed by atoms with Crippen LogP contribution in [0.5, 0.6) is 11.5 Å². The van der Waals surface area contributed by atoms with Gasteiger partial charge >= 0.3 is 5.97 Å². The van der Waals surface area contributed by atoms with Crippen molar-refractivity contribution in [2.45, 2.75) is 51.9 Å². The maximum atomic E-state index is 10.8. The normalized spacial score (nSPS) is 12.4. The molecule has 0 radical (unpaired) electrons. The number of benzene rings is 2. The fourth-order valence-electron chi connectivity index (χ4n) is 2.76. The maximum Gasteiger partial charge on any atom is 0.303 e. The Bertz CT molecular complexity index is 729. The highest BCUT2D eigenvalue weighted by atomic mass is 16.5. The van der Waals surface area contributed by atoms with Crippen LogP contribution < -0.4 is 9.47 Å². The molecule has 0 aliphatic heterocycles. The van der Waals surface area contributed by atoms with E-state index >= 15 is 0 Å². The van der Waals surface area contributed by atoms with Crippen LogP contribution in [0, 0.1) is 0 Å². The number of aliphatic carboxylic acids is 1. The van der Waals surface area contributed by atoms with Crippen molar-refractivity contribution in [2.75, 3.05) is 13.2 Å². The highest BCUT2D eigenvalue weighted by Crippen LogP contribution is 2.26. The highest BCUT2D eigenvalue weighted by Gasteiger charge is 2.14. The topological polar surface area (TPSA) is 55.8 Å².